The molecular formula is C60H48N2. The van der Waals surface area contributed by atoms with Crippen LogP contribution in [0, 0.1) is 0 Å². The van der Waals surface area contributed by atoms with E-state index in [1.807, 2.05) is 0 Å². The van der Waals surface area contributed by atoms with Crippen molar-refractivity contribution in [2.24, 2.45) is 0 Å². The van der Waals surface area contributed by atoms with Crippen molar-refractivity contribution in [3.63, 3.8) is 0 Å². The van der Waals surface area contributed by atoms with Crippen LogP contribution in [0.2, 0.25) is 0 Å². The number of rotatable bonds is 8. The maximum absolute atomic E-state index is 2.66. The Labute approximate surface area is 364 Å². The van der Waals surface area contributed by atoms with Gasteiger partial charge in [-0.2, -0.15) is 0 Å². The molecule has 0 amide bonds. The summed E-state index contributed by atoms with van der Waals surface area (Å²) in [5.41, 5.74) is 14.2. The van der Waals surface area contributed by atoms with Crippen LogP contribution < -0.4 is 9.80 Å². The Bertz CT molecular complexity index is 3400. The van der Waals surface area contributed by atoms with Crippen LogP contribution in [0.15, 0.2) is 200 Å². The van der Waals surface area contributed by atoms with E-state index in [-0.39, 0.29) is 17.0 Å². The Balaban J connectivity index is 0.988. The van der Waals surface area contributed by atoms with E-state index in [4.69, 9.17) is 0 Å². The molecule has 0 radical (unpaired) electrons. The predicted molar refractivity (Wildman–Crippen MR) is 264 cm³/mol. The van der Waals surface area contributed by atoms with Gasteiger partial charge in [0.2, 0.25) is 0 Å². The van der Waals surface area contributed by atoms with E-state index in [1.165, 1.54) is 105 Å². The van der Waals surface area contributed by atoms with Crippen LogP contribution in [0.5, 0.6) is 0 Å². The first-order chi connectivity index (χ1) is 30.4. The molecule has 2 aliphatic carbocycles. The lowest BCUT2D eigenvalue weighted by Gasteiger charge is -2.36. The van der Waals surface area contributed by atoms with Crippen LogP contribution in [0.3, 0.4) is 0 Å². The van der Waals surface area contributed by atoms with Gasteiger partial charge >= 0.3 is 0 Å². The quantitative estimate of drug-likeness (QED) is 0.141. The van der Waals surface area contributed by atoms with Gasteiger partial charge in [-0.05, 0) is 127 Å². The SMILES string of the molecule is CCC1(N(c2ccccc2)c2cc3ccccc3c3ccccc23)c2cc3c(cc21)C(C)(C)c1cc(C(C)N(c2ccccc2)c2cc4ccccc4c4ccccc24)ccc1-3. The van der Waals surface area contributed by atoms with Crippen molar-refractivity contribution in [2.75, 3.05) is 9.80 Å². The van der Waals surface area contributed by atoms with Crippen molar-refractivity contribution >= 4 is 65.8 Å². The largest absolute Gasteiger partial charge is 0.334 e. The topological polar surface area (TPSA) is 6.48 Å². The van der Waals surface area contributed by atoms with Crippen LogP contribution >= 0.6 is 0 Å². The van der Waals surface area contributed by atoms with Crippen molar-refractivity contribution in [2.45, 2.75) is 51.1 Å². The van der Waals surface area contributed by atoms with Gasteiger partial charge in [-0.3, -0.25) is 0 Å². The van der Waals surface area contributed by atoms with Gasteiger partial charge in [0.1, 0.15) is 0 Å². The zero-order valence-corrected chi connectivity index (χ0v) is 35.7. The highest BCUT2D eigenvalue weighted by Gasteiger charge is 2.56. The monoisotopic (exact) mass is 796 g/mol. The second-order valence-electron chi connectivity index (χ2n) is 18.0. The fraction of sp³-hybridized carbons (Fsp3) is 0.133. The van der Waals surface area contributed by atoms with Gasteiger partial charge in [0.25, 0.3) is 0 Å². The summed E-state index contributed by atoms with van der Waals surface area (Å²) in [5, 5.41) is 10.2. The van der Waals surface area contributed by atoms with Crippen molar-refractivity contribution in [3.05, 3.63) is 228 Å². The molecule has 0 bridgehead atoms. The third-order valence-electron chi connectivity index (χ3n) is 14.5. The zero-order chi connectivity index (χ0) is 41.7. The van der Waals surface area contributed by atoms with E-state index in [1.54, 1.807) is 0 Å². The zero-order valence-electron chi connectivity index (χ0n) is 35.7. The van der Waals surface area contributed by atoms with Gasteiger partial charge in [-0.25, -0.2) is 0 Å². The van der Waals surface area contributed by atoms with E-state index in [0.29, 0.717) is 0 Å². The summed E-state index contributed by atoms with van der Waals surface area (Å²) >= 11 is 0. The van der Waals surface area contributed by atoms with Crippen LogP contribution in [-0.4, -0.2) is 0 Å². The number of anilines is 4. The Morgan fingerprint density at radius 2 is 0.903 bits per heavy atom. The standard InChI is InChI=1S/C60H48N2/c1-5-60(62(44-24-10-7-11-25-44)58-36-42-21-13-15-27-46(42)48-29-17-19-31-51(48)58)55-37-52-49-33-32-40(34-53(49)59(3,4)54(52)38-56(55)60)39(2)61(43-22-8-6-9-23-43)57-35-41-20-12-14-26-45(41)47-28-16-18-30-50(47)57/h6-39H,5H2,1-4H3. The molecule has 2 atom stereocenters. The Morgan fingerprint density at radius 3 is 1.52 bits per heavy atom. The van der Waals surface area contributed by atoms with Crippen LogP contribution in [0.25, 0.3) is 54.2 Å². The minimum Gasteiger partial charge on any atom is -0.334 e. The fourth-order valence-electron chi connectivity index (χ4n) is 11.3. The molecule has 298 valence electrons. The lowest BCUT2D eigenvalue weighted by molar-refractivity contribution is 0.609. The molecule has 0 N–H and O–H groups in total. The highest BCUT2D eigenvalue weighted by molar-refractivity contribution is 6.15. The molecule has 0 heterocycles. The van der Waals surface area contributed by atoms with Crippen LogP contribution in [-0.2, 0) is 11.0 Å². The third-order valence-corrected chi connectivity index (χ3v) is 14.5. The summed E-state index contributed by atoms with van der Waals surface area (Å²) in [5.74, 6) is 0. The summed E-state index contributed by atoms with van der Waals surface area (Å²) in [6.07, 6.45) is 0.962. The average molecular weight is 797 g/mol. The molecule has 12 rings (SSSR count). The molecule has 0 spiro atoms. The highest BCUT2D eigenvalue weighted by Crippen LogP contribution is 2.63. The molecule has 2 aliphatic rings. The second-order valence-corrected chi connectivity index (χ2v) is 18.0. The lowest BCUT2D eigenvalue weighted by atomic mass is 9.81. The molecule has 0 aliphatic heterocycles. The van der Waals surface area contributed by atoms with Crippen molar-refractivity contribution in [3.8, 4) is 11.1 Å². The molecule has 10 aromatic carbocycles. The molecule has 10 aromatic rings. The molecular weight excluding hydrogens is 749 g/mol. The van der Waals surface area contributed by atoms with Gasteiger partial charge in [-0.15, -0.1) is 0 Å². The molecule has 0 saturated heterocycles. The Morgan fingerprint density at radius 1 is 0.419 bits per heavy atom. The van der Waals surface area contributed by atoms with Crippen molar-refractivity contribution < 1.29 is 0 Å². The van der Waals surface area contributed by atoms with E-state index >= 15 is 0 Å². The molecule has 2 heteroatoms. The molecule has 2 unspecified atom stereocenters. The van der Waals surface area contributed by atoms with Crippen molar-refractivity contribution in [1.29, 1.82) is 0 Å². The second kappa shape index (κ2) is 13.7. The predicted octanol–water partition coefficient (Wildman–Crippen LogP) is 16.3. The summed E-state index contributed by atoms with van der Waals surface area (Å²) in [4.78, 5) is 5.21. The maximum atomic E-state index is 2.66. The minimum absolute atomic E-state index is 0.0646. The van der Waals surface area contributed by atoms with Gasteiger partial charge in [-0.1, -0.05) is 178 Å². The molecule has 0 saturated carbocycles. The number of benzene rings is 10. The summed E-state index contributed by atoms with van der Waals surface area (Å²) in [6, 6.07) is 74.8. The number of para-hydroxylation sites is 2. The molecule has 0 fully saturated rings. The van der Waals surface area contributed by atoms with Gasteiger partial charge in [0, 0.05) is 27.6 Å². The van der Waals surface area contributed by atoms with Gasteiger partial charge in [0.05, 0.1) is 23.0 Å². The number of nitrogens with zero attached hydrogens (tertiary/aromatic N) is 2. The van der Waals surface area contributed by atoms with E-state index in [0.717, 1.165) is 6.42 Å². The van der Waals surface area contributed by atoms with Gasteiger partial charge in [0.15, 0.2) is 0 Å². The Hall–Kier alpha value is -7.16. The number of hydrogen-bond donors (Lipinski definition) is 0. The van der Waals surface area contributed by atoms with Gasteiger partial charge < -0.3 is 9.80 Å². The minimum atomic E-state index is -0.263. The van der Waals surface area contributed by atoms with Crippen molar-refractivity contribution in [1.82, 2.24) is 0 Å². The normalized spacial score (nSPS) is 16.3. The highest BCUT2D eigenvalue weighted by atomic mass is 15.2. The van der Waals surface area contributed by atoms with E-state index in [9.17, 15) is 0 Å². The summed E-state index contributed by atoms with van der Waals surface area (Å²) in [7, 11) is 0. The number of fused-ring (bicyclic) bond motifs is 10. The molecule has 0 aromatic heterocycles. The Kier molecular flexibility index (Phi) is 8.09. The first kappa shape index (κ1) is 36.7. The van der Waals surface area contributed by atoms with E-state index < -0.39 is 0 Å². The first-order valence-corrected chi connectivity index (χ1v) is 22.2. The summed E-state index contributed by atoms with van der Waals surface area (Å²) in [6.45, 7) is 9.61. The summed E-state index contributed by atoms with van der Waals surface area (Å²) < 4.78 is 0. The smallest absolute Gasteiger partial charge is 0.0960 e. The fourth-order valence-corrected chi connectivity index (χ4v) is 11.3. The molecule has 62 heavy (non-hydrogen) atoms. The third kappa shape index (κ3) is 5.23. The lowest BCUT2D eigenvalue weighted by Crippen LogP contribution is -2.32. The molecule has 2 nitrogen and oxygen atoms in total. The van der Waals surface area contributed by atoms with Crippen LogP contribution in [0.4, 0.5) is 22.7 Å². The average Bonchev–Trinajstić information content (AvgIpc) is 3.91. The number of hydrogen-bond acceptors (Lipinski definition) is 2. The van der Waals surface area contributed by atoms with E-state index in [2.05, 4.69) is 238 Å². The maximum Gasteiger partial charge on any atom is 0.0960 e. The van der Waals surface area contributed by atoms with Crippen LogP contribution in [0.1, 0.15) is 68.0 Å². The first-order valence-electron chi connectivity index (χ1n) is 22.2.